The number of morpholine rings is 1. The topological polar surface area (TPSA) is 70.2 Å². The molecule has 2 fully saturated rings. The van der Waals surface area contributed by atoms with E-state index in [-0.39, 0.29) is 17.7 Å². The van der Waals surface area contributed by atoms with Gasteiger partial charge in [0.15, 0.2) is 0 Å². The van der Waals surface area contributed by atoms with Gasteiger partial charge in [0, 0.05) is 24.7 Å². The van der Waals surface area contributed by atoms with Crippen molar-refractivity contribution in [2.45, 2.75) is 57.6 Å². The molecule has 122 valence electrons. The molecule has 2 N–H and O–H groups in total. The van der Waals surface area contributed by atoms with Crippen LogP contribution in [0.1, 0.15) is 44.0 Å². The zero-order valence-electron chi connectivity index (χ0n) is 13.5. The Morgan fingerprint density at radius 3 is 3.00 bits per heavy atom. The number of hydrogen-bond donors (Lipinski definition) is 2. The van der Waals surface area contributed by atoms with Crippen molar-refractivity contribution in [3.8, 4) is 0 Å². The minimum atomic E-state index is -0.0713. The summed E-state index contributed by atoms with van der Waals surface area (Å²) in [5, 5.41) is 10.2. The molecule has 1 unspecified atom stereocenters. The third-order valence-corrected chi connectivity index (χ3v) is 4.69. The molecule has 1 aliphatic heterocycles. The van der Waals surface area contributed by atoms with Crippen LogP contribution in [0.5, 0.6) is 0 Å². The predicted molar refractivity (Wildman–Crippen MR) is 83.7 cm³/mol. The first-order chi connectivity index (χ1) is 10.6. The van der Waals surface area contributed by atoms with E-state index in [0.29, 0.717) is 13.2 Å². The maximum atomic E-state index is 12.5. The van der Waals surface area contributed by atoms with E-state index in [4.69, 9.17) is 4.74 Å². The van der Waals surface area contributed by atoms with Gasteiger partial charge in [0.25, 0.3) is 0 Å². The van der Waals surface area contributed by atoms with Gasteiger partial charge in [-0.3, -0.25) is 5.10 Å². The molecular weight excluding hydrogens is 280 g/mol. The molecule has 0 bridgehead atoms. The van der Waals surface area contributed by atoms with Crippen molar-refractivity contribution >= 4 is 6.03 Å². The summed E-state index contributed by atoms with van der Waals surface area (Å²) >= 11 is 0. The molecule has 1 aliphatic carbocycles. The Morgan fingerprint density at radius 1 is 1.55 bits per heavy atom. The van der Waals surface area contributed by atoms with Gasteiger partial charge in [0.1, 0.15) is 0 Å². The van der Waals surface area contributed by atoms with E-state index in [9.17, 15) is 4.79 Å². The molecule has 1 atom stereocenters. The van der Waals surface area contributed by atoms with Crippen molar-refractivity contribution in [1.29, 1.82) is 0 Å². The Balaban J connectivity index is 1.52. The minimum absolute atomic E-state index is 0.0225. The number of amides is 2. The van der Waals surface area contributed by atoms with Crippen LogP contribution < -0.4 is 5.32 Å². The molecule has 22 heavy (non-hydrogen) atoms. The number of H-pyrrole nitrogens is 1. The molecule has 0 radical (unpaired) electrons. The number of aromatic amines is 1. The molecule has 6 nitrogen and oxygen atoms in total. The maximum absolute atomic E-state index is 12.5. The maximum Gasteiger partial charge on any atom is 0.317 e. The second kappa shape index (κ2) is 6.28. The van der Waals surface area contributed by atoms with E-state index >= 15 is 0 Å². The largest absolute Gasteiger partial charge is 0.371 e. The standard InChI is InChI=1S/C16H26N4O2/c1-12(9-14-10-13(2)18-19-14)17-15(21)20-7-8-22-16(11-20)5-3-4-6-16/h10,12H,3-9,11H2,1-2H3,(H,17,21)(H,18,19). The van der Waals surface area contributed by atoms with E-state index in [1.165, 1.54) is 12.8 Å². The minimum Gasteiger partial charge on any atom is -0.371 e. The van der Waals surface area contributed by atoms with Crippen LogP contribution in [0.4, 0.5) is 4.79 Å². The number of ether oxygens (including phenoxy) is 1. The first kappa shape index (κ1) is 15.3. The Labute approximate surface area is 131 Å². The number of hydrogen-bond acceptors (Lipinski definition) is 3. The van der Waals surface area contributed by atoms with Gasteiger partial charge >= 0.3 is 6.03 Å². The molecule has 2 aliphatic rings. The average Bonchev–Trinajstić information content (AvgIpc) is 3.08. The molecule has 1 aromatic heterocycles. The molecule has 1 aromatic rings. The highest BCUT2D eigenvalue weighted by Crippen LogP contribution is 2.35. The second-order valence-electron chi connectivity index (χ2n) is 6.76. The lowest BCUT2D eigenvalue weighted by Gasteiger charge is -2.40. The number of aryl methyl sites for hydroxylation is 1. The molecule has 0 aromatic carbocycles. The summed E-state index contributed by atoms with van der Waals surface area (Å²) < 4.78 is 5.97. The second-order valence-corrected chi connectivity index (χ2v) is 6.76. The van der Waals surface area contributed by atoms with Crippen LogP contribution in [0.25, 0.3) is 0 Å². The van der Waals surface area contributed by atoms with Crippen LogP contribution in [0.15, 0.2) is 6.07 Å². The van der Waals surface area contributed by atoms with Crippen LogP contribution in [0.3, 0.4) is 0 Å². The van der Waals surface area contributed by atoms with Crippen molar-refractivity contribution in [3.05, 3.63) is 17.5 Å². The lowest BCUT2D eigenvalue weighted by Crippen LogP contribution is -2.56. The van der Waals surface area contributed by atoms with Crippen LogP contribution in [-0.4, -0.2) is 52.5 Å². The van der Waals surface area contributed by atoms with Gasteiger partial charge in [-0.2, -0.15) is 5.10 Å². The average molecular weight is 306 g/mol. The van der Waals surface area contributed by atoms with E-state index in [1.807, 2.05) is 24.8 Å². The number of rotatable bonds is 3. The van der Waals surface area contributed by atoms with Crippen molar-refractivity contribution in [3.63, 3.8) is 0 Å². The molecular formula is C16H26N4O2. The molecule has 6 heteroatoms. The molecule has 2 heterocycles. The van der Waals surface area contributed by atoms with Crippen LogP contribution in [0.2, 0.25) is 0 Å². The summed E-state index contributed by atoms with van der Waals surface area (Å²) in [6, 6.07) is 2.11. The first-order valence-corrected chi connectivity index (χ1v) is 8.27. The number of nitrogens with one attached hydrogen (secondary N) is 2. The highest BCUT2D eigenvalue weighted by molar-refractivity contribution is 5.74. The number of carbonyl (C=O) groups excluding carboxylic acids is 1. The smallest absolute Gasteiger partial charge is 0.317 e. The number of urea groups is 1. The normalized spacial score (nSPS) is 22.0. The molecule has 2 amide bonds. The summed E-state index contributed by atoms with van der Waals surface area (Å²) in [4.78, 5) is 14.4. The van der Waals surface area contributed by atoms with Crippen molar-refractivity contribution < 1.29 is 9.53 Å². The Hall–Kier alpha value is -1.56. The summed E-state index contributed by atoms with van der Waals surface area (Å²) in [6.07, 6.45) is 5.33. The molecule has 1 spiro atoms. The Kier molecular flexibility index (Phi) is 4.38. The number of carbonyl (C=O) groups is 1. The highest BCUT2D eigenvalue weighted by atomic mass is 16.5. The lowest BCUT2D eigenvalue weighted by atomic mass is 10.00. The summed E-state index contributed by atoms with van der Waals surface area (Å²) in [6.45, 7) is 6.07. The van der Waals surface area contributed by atoms with Crippen LogP contribution in [-0.2, 0) is 11.2 Å². The SMILES string of the molecule is Cc1cc(CC(C)NC(=O)N2CCOC3(CCCC3)C2)n[nH]1. The quantitative estimate of drug-likeness (QED) is 0.897. The predicted octanol–water partition coefficient (Wildman–Crippen LogP) is 2.00. The summed E-state index contributed by atoms with van der Waals surface area (Å²) in [5.74, 6) is 0. The van der Waals surface area contributed by atoms with Crippen molar-refractivity contribution in [1.82, 2.24) is 20.4 Å². The third-order valence-electron chi connectivity index (χ3n) is 4.69. The highest BCUT2D eigenvalue weighted by Gasteiger charge is 2.40. The van der Waals surface area contributed by atoms with Gasteiger partial charge in [-0.1, -0.05) is 12.8 Å². The van der Waals surface area contributed by atoms with Crippen molar-refractivity contribution in [2.75, 3.05) is 19.7 Å². The summed E-state index contributed by atoms with van der Waals surface area (Å²) in [5.41, 5.74) is 1.96. The zero-order valence-corrected chi connectivity index (χ0v) is 13.5. The van der Waals surface area contributed by atoms with Gasteiger partial charge in [-0.05, 0) is 32.8 Å². The molecule has 1 saturated carbocycles. The third kappa shape index (κ3) is 3.43. The van der Waals surface area contributed by atoms with Crippen molar-refractivity contribution in [2.24, 2.45) is 0 Å². The Bertz CT molecular complexity index is 522. The Morgan fingerprint density at radius 2 is 2.32 bits per heavy atom. The van der Waals surface area contributed by atoms with Gasteiger partial charge in [-0.15, -0.1) is 0 Å². The number of aromatic nitrogens is 2. The van der Waals surface area contributed by atoms with E-state index < -0.39 is 0 Å². The fraction of sp³-hybridized carbons (Fsp3) is 0.750. The lowest BCUT2D eigenvalue weighted by molar-refractivity contribution is -0.0927. The number of nitrogens with zero attached hydrogens (tertiary/aromatic N) is 2. The van der Waals surface area contributed by atoms with Gasteiger partial charge in [-0.25, -0.2) is 4.79 Å². The van der Waals surface area contributed by atoms with Crippen LogP contribution in [0, 0.1) is 6.92 Å². The van der Waals surface area contributed by atoms with Gasteiger partial charge in [0.05, 0.1) is 24.4 Å². The molecule has 3 rings (SSSR count). The summed E-state index contributed by atoms with van der Waals surface area (Å²) in [7, 11) is 0. The van der Waals surface area contributed by atoms with E-state index in [0.717, 1.165) is 37.2 Å². The molecule has 1 saturated heterocycles. The van der Waals surface area contributed by atoms with Crippen LogP contribution >= 0.6 is 0 Å². The monoisotopic (exact) mass is 306 g/mol. The van der Waals surface area contributed by atoms with E-state index in [1.54, 1.807) is 0 Å². The van der Waals surface area contributed by atoms with Gasteiger partial charge in [0.2, 0.25) is 0 Å². The van der Waals surface area contributed by atoms with E-state index in [2.05, 4.69) is 15.5 Å². The van der Waals surface area contributed by atoms with Gasteiger partial charge < -0.3 is 15.0 Å². The zero-order chi connectivity index (χ0) is 15.6. The fourth-order valence-electron chi connectivity index (χ4n) is 3.59. The fourth-order valence-corrected chi connectivity index (χ4v) is 3.59. The first-order valence-electron chi connectivity index (χ1n) is 8.27.